The van der Waals surface area contributed by atoms with Gasteiger partial charge in [0.05, 0.1) is 30.0 Å². The van der Waals surface area contributed by atoms with E-state index in [9.17, 15) is 19.8 Å². The van der Waals surface area contributed by atoms with Gasteiger partial charge in [-0.1, -0.05) is 61.3 Å². The van der Waals surface area contributed by atoms with Crippen molar-refractivity contribution in [2.24, 2.45) is 5.41 Å². The van der Waals surface area contributed by atoms with E-state index in [4.69, 9.17) is 23.2 Å². The molecule has 1 amide bonds. The number of aliphatic carboxylic acids is 1. The number of likely N-dealkylation sites (tertiary alicyclic amines) is 1. The summed E-state index contributed by atoms with van der Waals surface area (Å²) in [6.07, 6.45) is -0.202. The zero-order valence-corrected chi connectivity index (χ0v) is 20.0. The Kier molecular flexibility index (Phi) is 7.53. The van der Waals surface area contributed by atoms with Gasteiger partial charge in [0.25, 0.3) is 0 Å². The van der Waals surface area contributed by atoms with Crippen molar-refractivity contribution in [1.82, 2.24) is 4.90 Å². The smallest absolute Gasteiger partial charge is 0.304 e. The largest absolute Gasteiger partial charge is 0.481 e. The third-order valence-corrected chi connectivity index (χ3v) is 6.95. The first-order valence-corrected chi connectivity index (χ1v) is 11.6. The van der Waals surface area contributed by atoms with E-state index in [0.717, 1.165) is 11.1 Å². The number of benzene rings is 2. The monoisotopic (exact) mass is 477 g/mol. The predicted molar refractivity (Wildman–Crippen MR) is 126 cm³/mol. The van der Waals surface area contributed by atoms with Crippen LogP contribution in [0.5, 0.6) is 0 Å². The van der Waals surface area contributed by atoms with Gasteiger partial charge in [0, 0.05) is 16.0 Å². The van der Waals surface area contributed by atoms with Crippen molar-refractivity contribution in [3.05, 3.63) is 69.7 Å². The molecule has 7 heteroatoms. The number of nitrogens with zero attached hydrogens (tertiary/aromatic N) is 1. The summed E-state index contributed by atoms with van der Waals surface area (Å²) in [5.41, 5.74) is 0.681. The fourth-order valence-corrected chi connectivity index (χ4v) is 5.34. The van der Waals surface area contributed by atoms with Crippen LogP contribution < -0.4 is 0 Å². The number of hydrogen-bond donors (Lipinski definition) is 2. The van der Waals surface area contributed by atoms with Crippen LogP contribution in [0.1, 0.15) is 63.1 Å². The van der Waals surface area contributed by atoms with E-state index in [1.165, 1.54) is 0 Å². The molecule has 32 heavy (non-hydrogen) atoms. The van der Waals surface area contributed by atoms with Crippen molar-refractivity contribution < 1.29 is 19.8 Å². The van der Waals surface area contributed by atoms with Crippen molar-refractivity contribution in [2.75, 3.05) is 0 Å². The summed E-state index contributed by atoms with van der Waals surface area (Å²) in [4.78, 5) is 27.3. The molecule has 3 rings (SSSR count). The lowest BCUT2D eigenvalue weighted by Crippen LogP contribution is -2.58. The number of carbonyl (C=O) groups excluding carboxylic acids is 1. The molecule has 0 aromatic heterocycles. The quantitative estimate of drug-likeness (QED) is 0.536. The van der Waals surface area contributed by atoms with E-state index >= 15 is 0 Å². The molecular formula is C25H29Cl2NO4. The second-order valence-electron chi connectivity index (χ2n) is 8.92. The summed E-state index contributed by atoms with van der Waals surface area (Å²) >= 11 is 12.4. The van der Waals surface area contributed by atoms with Crippen LogP contribution in [0.3, 0.4) is 0 Å². The molecular weight excluding hydrogens is 449 g/mol. The van der Waals surface area contributed by atoms with Crippen molar-refractivity contribution in [3.8, 4) is 0 Å². The van der Waals surface area contributed by atoms with Gasteiger partial charge in [-0.15, -0.1) is 0 Å². The predicted octanol–water partition coefficient (Wildman–Crippen LogP) is 5.69. The zero-order chi connectivity index (χ0) is 23.6. The Hall–Kier alpha value is -2.08. The first-order valence-electron chi connectivity index (χ1n) is 10.8. The number of rotatable bonds is 7. The van der Waals surface area contributed by atoms with E-state index in [0.29, 0.717) is 22.9 Å². The van der Waals surface area contributed by atoms with E-state index < -0.39 is 29.6 Å². The third-order valence-electron chi connectivity index (χ3n) is 6.46. The highest BCUT2D eigenvalue weighted by molar-refractivity contribution is 6.30. The third kappa shape index (κ3) is 4.95. The molecule has 0 aliphatic carbocycles. The summed E-state index contributed by atoms with van der Waals surface area (Å²) in [6, 6.07) is 13.9. The van der Waals surface area contributed by atoms with Crippen LogP contribution in [-0.2, 0) is 9.59 Å². The molecule has 1 aliphatic heterocycles. The second kappa shape index (κ2) is 9.82. The number of carboxylic acid groups (broad SMARTS) is 1. The zero-order valence-electron chi connectivity index (χ0n) is 18.5. The first-order chi connectivity index (χ1) is 15.1. The molecule has 5 atom stereocenters. The molecule has 0 radical (unpaired) electrons. The minimum absolute atomic E-state index is 0.218. The maximum atomic E-state index is 13.9. The lowest BCUT2D eigenvalue weighted by molar-refractivity contribution is -0.163. The molecule has 2 N–H and O–H groups in total. The molecule has 1 unspecified atom stereocenters. The van der Waals surface area contributed by atoms with Gasteiger partial charge in [-0.2, -0.15) is 0 Å². The standard InChI is InChI=1S/C25H29Cl2NO4/c1-4-21(15(2)29)28-23(16-8-10-18(26)11-9-16)20(17-6-5-7-19(27)12-17)13-25(3,24(28)32)14-22(30)31/h5-12,15,20-21,23,29H,4,13-14H2,1-3H3,(H,30,31)/t15-,20-,21?,23-,25-/m1/s1. The normalized spacial score (nSPS) is 25.4. The van der Waals surface area contributed by atoms with Gasteiger partial charge in [-0.25, -0.2) is 0 Å². The van der Waals surface area contributed by atoms with Crippen molar-refractivity contribution >= 4 is 35.1 Å². The number of aliphatic hydroxyl groups excluding tert-OH is 1. The molecule has 0 bridgehead atoms. The number of piperidine rings is 1. The maximum Gasteiger partial charge on any atom is 0.304 e. The van der Waals surface area contributed by atoms with Gasteiger partial charge in [0.2, 0.25) is 5.91 Å². The van der Waals surface area contributed by atoms with Gasteiger partial charge in [-0.05, 0) is 55.2 Å². The maximum absolute atomic E-state index is 13.9. The molecule has 2 aromatic rings. The van der Waals surface area contributed by atoms with Crippen molar-refractivity contribution in [3.63, 3.8) is 0 Å². The lowest BCUT2D eigenvalue weighted by Gasteiger charge is -2.52. The van der Waals surface area contributed by atoms with Gasteiger partial charge >= 0.3 is 5.97 Å². The Balaban J connectivity index is 2.25. The van der Waals surface area contributed by atoms with Gasteiger partial charge in [0.15, 0.2) is 0 Å². The topological polar surface area (TPSA) is 77.8 Å². The lowest BCUT2D eigenvalue weighted by atomic mass is 9.67. The Morgan fingerprint density at radius 3 is 2.34 bits per heavy atom. The minimum atomic E-state index is -1.12. The molecule has 1 saturated heterocycles. The number of aliphatic hydroxyl groups is 1. The summed E-state index contributed by atoms with van der Waals surface area (Å²) in [5.74, 6) is -1.50. The van der Waals surface area contributed by atoms with Crippen LogP contribution in [0.2, 0.25) is 10.0 Å². The number of halogens is 2. The van der Waals surface area contributed by atoms with Crippen LogP contribution in [-0.4, -0.2) is 39.1 Å². The van der Waals surface area contributed by atoms with E-state index in [-0.39, 0.29) is 18.2 Å². The fraction of sp³-hybridized carbons (Fsp3) is 0.440. The van der Waals surface area contributed by atoms with Crippen molar-refractivity contribution in [1.29, 1.82) is 0 Å². The van der Waals surface area contributed by atoms with E-state index in [2.05, 4.69) is 0 Å². The van der Waals surface area contributed by atoms with E-state index in [1.54, 1.807) is 36.9 Å². The second-order valence-corrected chi connectivity index (χ2v) is 9.79. The first kappa shape index (κ1) is 24.6. The van der Waals surface area contributed by atoms with E-state index in [1.807, 2.05) is 37.3 Å². The Bertz CT molecular complexity index is 978. The molecule has 1 fully saturated rings. The minimum Gasteiger partial charge on any atom is -0.481 e. The molecule has 2 aromatic carbocycles. The molecule has 1 aliphatic rings. The molecule has 172 valence electrons. The molecule has 0 saturated carbocycles. The Labute approximate surface area is 199 Å². The molecule has 1 heterocycles. The summed E-state index contributed by atoms with van der Waals surface area (Å²) in [7, 11) is 0. The highest BCUT2D eigenvalue weighted by atomic mass is 35.5. The number of carbonyl (C=O) groups is 2. The molecule has 5 nitrogen and oxygen atoms in total. The average molecular weight is 478 g/mol. The fourth-order valence-electron chi connectivity index (χ4n) is 5.02. The average Bonchev–Trinajstić information content (AvgIpc) is 2.71. The van der Waals surface area contributed by atoms with Gasteiger partial charge in [-0.3, -0.25) is 9.59 Å². The van der Waals surface area contributed by atoms with Crippen LogP contribution in [0.25, 0.3) is 0 Å². The van der Waals surface area contributed by atoms with Crippen LogP contribution in [0.15, 0.2) is 48.5 Å². The van der Waals surface area contributed by atoms with Crippen LogP contribution in [0.4, 0.5) is 0 Å². The Morgan fingerprint density at radius 2 is 1.81 bits per heavy atom. The Morgan fingerprint density at radius 1 is 1.16 bits per heavy atom. The van der Waals surface area contributed by atoms with Gasteiger partial charge < -0.3 is 15.1 Å². The molecule has 0 spiro atoms. The summed E-state index contributed by atoms with van der Waals surface area (Å²) in [5, 5.41) is 21.3. The SMILES string of the molecule is CCC([C@@H](C)O)N1C(=O)[C@@](C)(CC(=O)O)C[C@H](c2cccc(Cl)c2)[C@H]1c1ccc(Cl)cc1. The summed E-state index contributed by atoms with van der Waals surface area (Å²) in [6.45, 7) is 5.29. The highest BCUT2D eigenvalue weighted by Gasteiger charge is 2.52. The number of hydrogen-bond acceptors (Lipinski definition) is 3. The number of amides is 1. The van der Waals surface area contributed by atoms with Crippen LogP contribution in [0, 0.1) is 5.41 Å². The van der Waals surface area contributed by atoms with Crippen LogP contribution >= 0.6 is 23.2 Å². The van der Waals surface area contributed by atoms with Crippen molar-refractivity contribution in [2.45, 2.75) is 64.1 Å². The number of carboxylic acids is 1. The summed E-state index contributed by atoms with van der Waals surface area (Å²) < 4.78 is 0. The van der Waals surface area contributed by atoms with Gasteiger partial charge in [0.1, 0.15) is 0 Å². The highest BCUT2D eigenvalue weighted by Crippen LogP contribution is 2.52.